The van der Waals surface area contributed by atoms with E-state index in [-0.39, 0.29) is 42.3 Å². The molecule has 1 aliphatic heterocycles. The predicted octanol–water partition coefficient (Wildman–Crippen LogP) is 2.35. The third-order valence-corrected chi connectivity index (χ3v) is 7.42. The number of halogens is 1. The number of benzene rings is 2. The Bertz CT molecular complexity index is 1320. The summed E-state index contributed by atoms with van der Waals surface area (Å²) >= 11 is 0. The molecule has 182 valence electrons. The molecule has 1 saturated heterocycles. The van der Waals surface area contributed by atoms with Crippen molar-refractivity contribution in [3.63, 3.8) is 0 Å². The minimum absolute atomic E-state index is 0.0505. The fourth-order valence-electron chi connectivity index (χ4n) is 3.79. The molecule has 0 aliphatic carbocycles. The highest BCUT2D eigenvalue weighted by Gasteiger charge is 2.29. The summed E-state index contributed by atoms with van der Waals surface area (Å²) in [5, 5.41) is 0. The normalized spacial score (nSPS) is 14.9. The van der Waals surface area contributed by atoms with E-state index in [1.165, 1.54) is 21.9 Å². The van der Waals surface area contributed by atoms with E-state index in [2.05, 4.69) is 4.98 Å². The van der Waals surface area contributed by atoms with Crippen molar-refractivity contribution in [2.24, 2.45) is 5.84 Å². The van der Waals surface area contributed by atoms with E-state index in [4.69, 9.17) is 5.84 Å². The van der Waals surface area contributed by atoms with Gasteiger partial charge < -0.3 is 4.90 Å². The highest BCUT2D eigenvalue weighted by atomic mass is 32.2. The molecule has 11 heteroatoms. The second kappa shape index (κ2) is 10.2. The average molecular weight is 498 g/mol. The molecule has 3 aromatic rings. The second-order valence-corrected chi connectivity index (χ2v) is 10.4. The molecule has 0 saturated carbocycles. The maximum Gasteiger partial charge on any atom is 0.324 e. The number of nitrogens with two attached hydrogens (primary N) is 1. The number of nitrogens with one attached hydrogen (secondary N) is 1. The molecule has 35 heavy (non-hydrogen) atoms. The molecular weight excluding hydrogens is 473 g/mol. The van der Waals surface area contributed by atoms with Crippen LogP contribution in [0.4, 0.5) is 14.9 Å². The first kappa shape index (κ1) is 24.3. The first-order chi connectivity index (χ1) is 16.8. The first-order valence-electron chi connectivity index (χ1n) is 10.8. The number of amides is 3. The summed E-state index contributed by atoms with van der Waals surface area (Å²) in [4.78, 5) is 32.0. The number of nitrogen functional groups attached to an aromatic ring is 1. The molecule has 2 aromatic carbocycles. The first-order valence-corrected chi connectivity index (χ1v) is 12.7. The van der Waals surface area contributed by atoms with E-state index in [0.717, 1.165) is 17.2 Å². The predicted molar refractivity (Wildman–Crippen MR) is 130 cm³/mol. The maximum atomic E-state index is 14.9. The van der Waals surface area contributed by atoms with Gasteiger partial charge in [-0.05, 0) is 47.5 Å². The minimum atomic E-state index is -3.18. The fraction of sp³-hybridized carbons (Fsp3) is 0.208. The van der Waals surface area contributed by atoms with Gasteiger partial charge in [0, 0.05) is 42.3 Å². The van der Waals surface area contributed by atoms with Gasteiger partial charge in [-0.1, -0.05) is 18.2 Å². The molecule has 0 bridgehead atoms. The number of hydrogen-bond donors (Lipinski definition) is 2. The Balaban J connectivity index is 1.64. The van der Waals surface area contributed by atoms with Gasteiger partial charge in [-0.25, -0.2) is 23.4 Å². The Hall–Kier alpha value is -3.83. The number of hydrogen-bond acceptors (Lipinski definition) is 6. The van der Waals surface area contributed by atoms with Crippen molar-refractivity contribution in [3.05, 3.63) is 83.9 Å². The maximum absolute atomic E-state index is 14.9. The molecule has 0 unspecified atom stereocenters. The van der Waals surface area contributed by atoms with E-state index in [9.17, 15) is 22.4 Å². The third kappa shape index (κ3) is 5.64. The number of rotatable bonds is 5. The van der Waals surface area contributed by atoms with Gasteiger partial charge in [-0.15, -0.1) is 0 Å². The standard InChI is InChI=1S/C24H24FN5O4S/c25-22-15-19(23(31)28-26)1-2-20(22)16-30(24(32)29-11-13-35(33,34)14-12-29)21-5-3-17(4-6-21)18-7-9-27-10-8-18/h1-10,15H,11-14,16,26H2,(H,28,31). The summed E-state index contributed by atoms with van der Waals surface area (Å²) < 4.78 is 38.5. The van der Waals surface area contributed by atoms with E-state index in [0.29, 0.717) is 5.69 Å². The van der Waals surface area contributed by atoms with Crippen molar-refractivity contribution >= 4 is 27.5 Å². The van der Waals surface area contributed by atoms with Crippen LogP contribution in [0.15, 0.2) is 67.0 Å². The molecule has 2 heterocycles. The van der Waals surface area contributed by atoms with E-state index in [1.807, 2.05) is 29.7 Å². The van der Waals surface area contributed by atoms with Crippen LogP contribution in [0.2, 0.25) is 0 Å². The van der Waals surface area contributed by atoms with Crippen LogP contribution >= 0.6 is 0 Å². The lowest BCUT2D eigenvalue weighted by atomic mass is 10.1. The Labute approximate surface area is 202 Å². The Morgan fingerprint density at radius 3 is 2.23 bits per heavy atom. The lowest BCUT2D eigenvalue weighted by Crippen LogP contribution is -2.49. The number of carbonyl (C=O) groups is 2. The molecular formula is C24H24FN5O4S. The highest BCUT2D eigenvalue weighted by molar-refractivity contribution is 7.91. The van der Waals surface area contributed by atoms with E-state index >= 15 is 0 Å². The minimum Gasteiger partial charge on any atom is -0.322 e. The highest BCUT2D eigenvalue weighted by Crippen LogP contribution is 2.26. The Kier molecular flexibility index (Phi) is 7.08. The molecule has 1 aliphatic rings. The molecule has 0 atom stereocenters. The van der Waals surface area contributed by atoms with Crippen LogP contribution in [0, 0.1) is 5.82 Å². The van der Waals surface area contributed by atoms with Crippen molar-refractivity contribution in [1.29, 1.82) is 0 Å². The van der Waals surface area contributed by atoms with Crippen LogP contribution in [0.5, 0.6) is 0 Å². The van der Waals surface area contributed by atoms with Crippen molar-refractivity contribution in [3.8, 4) is 11.1 Å². The van der Waals surface area contributed by atoms with Gasteiger partial charge in [0.05, 0.1) is 18.1 Å². The summed E-state index contributed by atoms with van der Waals surface area (Å²) in [5.74, 6) is 3.57. The number of nitrogens with zero attached hydrogens (tertiary/aromatic N) is 3. The van der Waals surface area contributed by atoms with Gasteiger partial charge >= 0.3 is 6.03 Å². The number of urea groups is 1. The zero-order valence-corrected chi connectivity index (χ0v) is 19.5. The molecule has 3 amide bonds. The van der Waals surface area contributed by atoms with Crippen molar-refractivity contribution < 1.29 is 22.4 Å². The SMILES string of the molecule is NNC(=O)c1ccc(CN(C(=O)N2CCS(=O)(=O)CC2)c2ccc(-c3ccncc3)cc2)c(F)c1. The number of anilines is 1. The van der Waals surface area contributed by atoms with Crippen molar-refractivity contribution in [1.82, 2.24) is 15.3 Å². The lowest BCUT2D eigenvalue weighted by molar-refractivity contribution is 0.0953. The van der Waals surface area contributed by atoms with Crippen LogP contribution in [0.25, 0.3) is 11.1 Å². The number of pyridine rings is 1. The second-order valence-electron chi connectivity index (χ2n) is 8.07. The van der Waals surface area contributed by atoms with Gasteiger partial charge in [0.1, 0.15) is 5.82 Å². The summed E-state index contributed by atoms with van der Waals surface area (Å²) in [6, 6.07) is 14.4. The van der Waals surface area contributed by atoms with Gasteiger partial charge in [0.15, 0.2) is 9.84 Å². The zero-order valence-electron chi connectivity index (χ0n) is 18.7. The monoisotopic (exact) mass is 497 g/mol. The lowest BCUT2D eigenvalue weighted by Gasteiger charge is -2.33. The molecule has 3 N–H and O–H groups in total. The number of aromatic nitrogens is 1. The smallest absolute Gasteiger partial charge is 0.322 e. The summed E-state index contributed by atoms with van der Waals surface area (Å²) in [5.41, 5.74) is 4.57. The quantitative estimate of drug-likeness (QED) is 0.317. The zero-order chi connectivity index (χ0) is 25.0. The molecule has 0 radical (unpaired) electrons. The van der Waals surface area contributed by atoms with Crippen molar-refractivity contribution in [2.45, 2.75) is 6.54 Å². The van der Waals surface area contributed by atoms with E-state index in [1.54, 1.807) is 24.5 Å². The summed E-state index contributed by atoms with van der Waals surface area (Å²) in [6.45, 7) is 0.00274. The Morgan fingerprint density at radius 2 is 1.63 bits per heavy atom. The van der Waals surface area contributed by atoms with Crippen LogP contribution in [-0.2, 0) is 16.4 Å². The fourth-order valence-corrected chi connectivity index (χ4v) is 4.99. The number of carbonyl (C=O) groups excluding carboxylic acids is 2. The van der Waals surface area contributed by atoms with E-state index < -0.39 is 27.6 Å². The summed E-state index contributed by atoms with van der Waals surface area (Å²) in [7, 11) is -3.18. The van der Waals surface area contributed by atoms with Gasteiger partial charge in [-0.2, -0.15) is 0 Å². The topological polar surface area (TPSA) is 126 Å². The van der Waals surface area contributed by atoms with Crippen LogP contribution in [0.1, 0.15) is 15.9 Å². The van der Waals surface area contributed by atoms with Crippen LogP contribution < -0.4 is 16.2 Å². The van der Waals surface area contributed by atoms with Crippen molar-refractivity contribution in [2.75, 3.05) is 29.5 Å². The van der Waals surface area contributed by atoms with Gasteiger partial charge in [0.2, 0.25) is 0 Å². The third-order valence-electron chi connectivity index (χ3n) is 5.81. The van der Waals surface area contributed by atoms with Gasteiger partial charge in [-0.3, -0.25) is 20.1 Å². The molecule has 1 fully saturated rings. The number of hydrazine groups is 1. The Morgan fingerprint density at radius 1 is 1.00 bits per heavy atom. The molecule has 4 rings (SSSR count). The number of sulfone groups is 1. The van der Waals surface area contributed by atoms with Crippen LogP contribution in [-0.4, -0.2) is 54.8 Å². The largest absolute Gasteiger partial charge is 0.324 e. The molecule has 1 aromatic heterocycles. The van der Waals surface area contributed by atoms with Gasteiger partial charge in [0.25, 0.3) is 5.91 Å². The molecule has 0 spiro atoms. The average Bonchev–Trinajstić information content (AvgIpc) is 2.88. The van der Waals surface area contributed by atoms with Crippen LogP contribution in [0.3, 0.4) is 0 Å². The molecule has 9 nitrogen and oxygen atoms in total. The summed E-state index contributed by atoms with van der Waals surface area (Å²) in [6.07, 6.45) is 3.36.